The predicted octanol–water partition coefficient (Wildman–Crippen LogP) is 14.2. The zero-order valence-corrected chi connectivity index (χ0v) is 31.2. The minimum Gasteiger partial charge on any atom is -0.308 e. The van der Waals surface area contributed by atoms with E-state index in [-0.39, 0.29) is 0 Å². The molecular formula is C52H28N4S. The lowest BCUT2D eigenvalue weighted by Gasteiger charge is -2.14. The monoisotopic (exact) mass is 740 g/mol. The van der Waals surface area contributed by atoms with E-state index >= 15 is 0 Å². The molecule has 57 heavy (non-hydrogen) atoms. The third-order valence-corrected chi connectivity index (χ3v) is 13.5. The average Bonchev–Trinajstić information content (AvgIpc) is 3.90. The van der Waals surface area contributed by atoms with Gasteiger partial charge in [0.15, 0.2) is 0 Å². The molecule has 5 heteroatoms. The smallest absolute Gasteiger partial charge is 0.235 e. The van der Waals surface area contributed by atoms with Crippen molar-refractivity contribution in [3.8, 4) is 28.3 Å². The normalized spacial score (nSPS) is 12.6. The van der Waals surface area contributed by atoms with Gasteiger partial charge in [-0.25, -0.2) is 9.97 Å². The number of hydrogen-bond donors (Lipinski definition) is 0. The molecule has 0 aliphatic carbocycles. The van der Waals surface area contributed by atoms with Crippen LogP contribution < -0.4 is 0 Å². The summed E-state index contributed by atoms with van der Waals surface area (Å²) < 4.78 is 7.44. The number of para-hydroxylation sites is 1. The van der Waals surface area contributed by atoms with E-state index in [9.17, 15) is 0 Å². The summed E-state index contributed by atoms with van der Waals surface area (Å²) in [5, 5.41) is 13.6. The molecule has 0 aliphatic heterocycles. The van der Waals surface area contributed by atoms with Gasteiger partial charge in [-0.3, -0.25) is 4.57 Å². The van der Waals surface area contributed by atoms with Gasteiger partial charge in [0.25, 0.3) is 0 Å². The Hall–Kier alpha value is -7.34. The van der Waals surface area contributed by atoms with Crippen LogP contribution >= 0.6 is 11.3 Å². The van der Waals surface area contributed by atoms with E-state index in [1.54, 1.807) is 0 Å². The molecule has 0 N–H and O–H groups in total. The third kappa shape index (κ3) is 3.86. The van der Waals surface area contributed by atoms with E-state index in [4.69, 9.17) is 9.97 Å². The standard InChI is InChI=1S/C52H28N4S/c1-2-10-33-28-34(21-18-29(33)8-1)30-16-19-32(20-17-30)50-45-35-11-4-3-9-31(35)22-24-38(45)53-52(54-50)56-41-26-27-44-49-46-40(14-7-15-43(46)57-44)55-39-13-6-5-12-36(39)37-23-25-42(56)48(47(41)49)51(37)55/h1-28H. The third-order valence-electron chi connectivity index (χ3n) is 12.4. The van der Waals surface area contributed by atoms with Crippen LogP contribution in [-0.4, -0.2) is 18.9 Å². The van der Waals surface area contributed by atoms with Crippen molar-refractivity contribution in [2.24, 2.45) is 0 Å². The molecule has 0 bridgehead atoms. The van der Waals surface area contributed by atoms with Crippen molar-refractivity contribution >= 4 is 113 Å². The van der Waals surface area contributed by atoms with Crippen LogP contribution in [0.1, 0.15) is 0 Å². The summed E-state index contributed by atoms with van der Waals surface area (Å²) in [6.45, 7) is 0. The average molecular weight is 741 g/mol. The Kier molecular flexibility index (Phi) is 5.62. The number of aromatic nitrogens is 4. The number of nitrogens with zero attached hydrogens (tertiary/aromatic N) is 4. The van der Waals surface area contributed by atoms with Crippen molar-refractivity contribution in [3.63, 3.8) is 0 Å². The molecule has 0 spiro atoms. The fourth-order valence-electron chi connectivity index (χ4n) is 9.97. The van der Waals surface area contributed by atoms with Crippen molar-refractivity contribution in [3.05, 3.63) is 170 Å². The van der Waals surface area contributed by atoms with Crippen LogP contribution in [0.4, 0.5) is 0 Å². The topological polar surface area (TPSA) is 35.1 Å². The van der Waals surface area contributed by atoms with Gasteiger partial charge in [0, 0.05) is 52.7 Å². The first kappa shape index (κ1) is 29.9. The molecule has 14 aromatic rings. The maximum atomic E-state index is 5.62. The minimum absolute atomic E-state index is 0.674. The molecule has 0 radical (unpaired) electrons. The van der Waals surface area contributed by atoms with Crippen LogP contribution in [0, 0.1) is 0 Å². The molecule has 0 amide bonds. The summed E-state index contributed by atoms with van der Waals surface area (Å²) in [6.07, 6.45) is 0. The van der Waals surface area contributed by atoms with Crippen LogP contribution in [0.3, 0.4) is 0 Å². The molecule has 9 aromatic carbocycles. The second-order valence-electron chi connectivity index (χ2n) is 15.3. The predicted molar refractivity (Wildman–Crippen MR) is 241 cm³/mol. The highest BCUT2D eigenvalue weighted by Gasteiger charge is 2.27. The van der Waals surface area contributed by atoms with Crippen molar-refractivity contribution in [2.75, 3.05) is 0 Å². The highest BCUT2D eigenvalue weighted by Crippen LogP contribution is 2.50. The number of hydrogen-bond acceptors (Lipinski definition) is 3. The SMILES string of the molecule is c1ccc2cc(-c3ccc(-c4nc(-n5c6ccc7sc8cccc9c8c7c6c6c5ccc5c7ccccc7n9c56)nc5ccc6ccccc6c45)cc3)ccc2c1. The summed E-state index contributed by atoms with van der Waals surface area (Å²) in [5.41, 5.74) is 11.2. The van der Waals surface area contributed by atoms with Gasteiger partial charge >= 0.3 is 0 Å². The molecule has 4 nitrogen and oxygen atoms in total. The summed E-state index contributed by atoms with van der Waals surface area (Å²) in [5.74, 6) is 0.674. The molecule has 5 heterocycles. The van der Waals surface area contributed by atoms with Gasteiger partial charge in [0.05, 0.1) is 38.8 Å². The van der Waals surface area contributed by atoms with E-state index in [0.717, 1.165) is 38.6 Å². The van der Waals surface area contributed by atoms with Gasteiger partial charge in [0.1, 0.15) is 0 Å². The summed E-state index contributed by atoms with van der Waals surface area (Å²) >= 11 is 1.88. The van der Waals surface area contributed by atoms with Gasteiger partial charge < -0.3 is 4.40 Å². The highest BCUT2D eigenvalue weighted by molar-refractivity contribution is 7.26. The van der Waals surface area contributed by atoms with E-state index in [1.807, 2.05) is 11.3 Å². The second kappa shape index (κ2) is 10.7. The Bertz CT molecular complexity index is 3980. The first-order valence-corrected chi connectivity index (χ1v) is 20.2. The van der Waals surface area contributed by atoms with Crippen LogP contribution in [0.15, 0.2) is 170 Å². The molecule has 0 saturated heterocycles. The van der Waals surface area contributed by atoms with Crippen molar-refractivity contribution < 1.29 is 0 Å². The Morgan fingerprint density at radius 1 is 0.386 bits per heavy atom. The maximum Gasteiger partial charge on any atom is 0.235 e. The second-order valence-corrected chi connectivity index (χ2v) is 16.4. The number of thiophene rings is 1. The zero-order chi connectivity index (χ0) is 36.9. The summed E-state index contributed by atoms with van der Waals surface area (Å²) in [7, 11) is 0. The van der Waals surface area contributed by atoms with E-state index in [0.29, 0.717) is 5.95 Å². The number of benzene rings is 9. The zero-order valence-electron chi connectivity index (χ0n) is 30.4. The van der Waals surface area contributed by atoms with E-state index < -0.39 is 0 Å². The number of rotatable bonds is 3. The highest BCUT2D eigenvalue weighted by atomic mass is 32.1. The summed E-state index contributed by atoms with van der Waals surface area (Å²) in [4.78, 5) is 11.1. The number of fused-ring (bicyclic) bond motifs is 8. The largest absolute Gasteiger partial charge is 0.308 e. The Labute approximate surface area is 328 Å². The lowest BCUT2D eigenvalue weighted by atomic mass is 9.97. The van der Waals surface area contributed by atoms with Crippen molar-refractivity contribution in [1.29, 1.82) is 0 Å². The Morgan fingerprint density at radius 2 is 1.09 bits per heavy atom. The Morgan fingerprint density at radius 3 is 2.00 bits per heavy atom. The molecule has 0 saturated carbocycles. The van der Waals surface area contributed by atoms with Crippen LogP contribution in [-0.2, 0) is 0 Å². The van der Waals surface area contributed by atoms with Crippen LogP contribution in [0.5, 0.6) is 0 Å². The van der Waals surface area contributed by atoms with Crippen molar-refractivity contribution in [1.82, 2.24) is 18.9 Å². The molecule has 0 aliphatic rings. The minimum atomic E-state index is 0.674. The fraction of sp³-hybridized carbons (Fsp3) is 0. The molecular weight excluding hydrogens is 713 g/mol. The fourth-order valence-corrected chi connectivity index (χ4v) is 11.1. The van der Waals surface area contributed by atoms with Crippen molar-refractivity contribution in [2.45, 2.75) is 0 Å². The maximum absolute atomic E-state index is 5.62. The first-order chi connectivity index (χ1) is 28.3. The quantitative estimate of drug-likeness (QED) is 0.169. The molecule has 5 aromatic heterocycles. The molecule has 14 rings (SSSR count). The van der Waals surface area contributed by atoms with Crippen LogP contribution in [0.2, 0.25) is 0 Å². The molecule has 0 unspecified atom stereocenters. The lowest BCUT2D eigenvalue weighted by molar-refractivity contribution is 1.01. The van der Waals surface area contributed by atoms with E-state index in [1.165, 1.54) is 85.6 Å². The molecule has 0 fully saturated rings. The first-order valence-electron chi connectivity index (χ1n) is 19.4. The molecule has 262 valence electrons. The summed E-state index contributed by atoms with van der Waals surface area (Å²) in [6, 6.07) is 61.9. The van der Waals surface area contributed by atoms with Gasteiger partial charge in [-0.2, -0.15) is 0 Å². The Balaban J connectivity index is 1.09. The van der Waals surface area contributed by atoms with Gasteiger partial charge in [-0.15, -0.1) is 11.3 Å². The molecule has 0 atom stereocenters. The van der Waals surface area contributed by atoms with Gasteiger partial charge in [0.2, 0.25) is 5.95 Å². The van der Waals surface area contributed by atoms with E-state index in [2.05, 4.69) is 179 Å². The van der Waals surface area contributed by atoms with Crippen LogP contribution in [0.25, 0.3) is 130 Å². The van der Waals surface area contributed by atoms with Gasteiger partial charge in [-0.1, -0.05) is 121 Å². The lowest BCUT2D eigenvalue weighted by Crippen LogP contribution is -2.04. The van der Waals surface area contributed by atoms with Gasteiger partial charge in [-0.05, 0) is 81.2 Å².